The van der Waals surface area contributed by atoms with Crippen molar-refractivity contribution < 1.29 is 4.79 Å². The molecule has 8 heteroatoms. The Labute approximate surface area is 150 Å². The lowest BCUT2D eigenvalue weighted by Crippen LogP contribution is -2.54. The molecule has 1 aliphatic heterocycles. The van der Waals surface area contributed by atoms with E-state index < -0.39 is 0 Å². The van der Waals surface area contributed by atoms with Crippen LogP contribution in [0.4, 0.5) is 0 Å². The van der Waals surface area contributed by atoms with Crippen molar-refractivity contribution in [2.45, 2.75) is 19.4 Å². The molecular weight excluding hydrogens is 438 g/mol. The van der Waals surface area contributed by atoms with Crippen LogP contribution >= 0.6 is 55.4 Å². The average Bonchev–Trinajstić information content (AvgIpc) is 2.78. The molecule has 1 saturated heterocycles. The zero-order valence-electron chi connectivity index (χ0n) is 11.6. The second-order valence-electron chi connectivity index (χ2n) is 4.89. The molecule has 0 spiro atoms. The fourth-order valence-corrected chi connectivity index (χ4v) is 5.63. The Hall–Kier alpha value is -0.0200. The summed E-state index contributed by atoms with van der Waals surface area (Å²) in [5, 5.41) is 0. The summed E-state index contributed by atoms with van der Waals surface area (Å²) >= 11 is 13.5. The Balaban J connectivity index is 1.99. The summed E-state index contributed by atoms with van der Waals surface area (Å²) in [7, 11) is 0. The van der Waals surface area contributed by atoms with Gasteiger partial charge in [-0.15, -0.1) is 11.3 Å². The van der Waals surface area contributed by atoms with Gasteiger partial charge in [0.25, 0.3) is 5.91 Å². The molecule has 0 aromatic carbocycles. The summed E-state index contributed by atoms with van der Waals surface area (Å²) in [6.07, 6.45) is 0.909. The number of piperazine rings is 1. The van der Waals surface area contributed by atoms with Gasteiger partial charge in [-0.3, -0.25) is 9.69 Å². The third-order valence-corrected chi connectivity index (χ3v) is 6.26. The van der Waals surface area contributed by atoms with Crippen molar-refractivity contribution >= 4 is 66.3 Å². The summed E-state index contributed by atoms with van der Waals surface area (Å²) in [4.78, 5) is 17.2. The minimum Gasteiger partial charge on any atom is -0.392 e. The molecule has 1 aliphatic rings. The van der Waals surface area contributed by atoms with Crippen LogP contribution in [0.5, 0.6) is 0 Å². The third-order valence-electron chi connectivity index (χ3n) is 3.64. The number of nitrogens with two attached hydrogens (primary N) is 1. The summed E-state index contributed by atoms with van der Waals surface area (Å²) in [6, 6.07) is 2.01. The van der Waals surface area contributed by atoms with Gasteiger partial charge in [-0.05, 0) is 44.3 Å². The number of carbonyl (C=O) groups is 1. The molecule has 2 rings (SSSR count). The first-order chi connectivity index (χ1) is 9.93. The molecule has 2 N–H and O–H groups in total. The van der Waals surface area contributed by atoms with Gasteiger partial charge in [0.2, 0.25) is 0 Å². The summed E-state index contributed by atoms with van der Waals surface area (Å²) in [5.74, 6) is 0.0758. The second-order valence-corrected chi connectivity index (χ2v) is 9.11. The Morgan fingerprint density at radius 3 is 2.48 bits per heavy atom. The van der Waals surface area contributed by atoms with Crippen molar-refractivity contribution in [3.8, 4) is 0 Å². The zero-order valence-corrected chi connectivity index (χ0v) is 16.4. The third kappa shape index (κ3) is 4.04. The monoisotopic (exact) mass is 453 g/mol. The van der Waals surface area contributed by atoms with Gasteiger partial charge in [-0.25, -0.2) is 0 Å². The first kappa shape index (κ1) is 17.3. The molecule has 1 amide bonds. The molecule has 1 fully saturated rings. The number of nitrogens with zero attached hydrogens (tertiary/aromatic N) is 2. The minimum absolute atomic E-state index is 0.0758. The van der Waals surface area contributed by atoms with E-state index in [-0.39, 0.29) is 11.9 Å². The van der Waals surface area contributed by atoms with E-state index in [4.69, 9.17) is 18.0 Å². The van der Waals surface area contributed by atoms with Crippen LogP contribution in [0.15, 0.2) is 13.6 Å². The smallest absolute Gasteiger partial charge is 0.255 e. The highest BCUT2D eigenvalue weighted by molar-refractivity contribution is 9.12. The minimum atomic E-state index is 0.0758. The van der Waals surface area contributed by atoms with Crippen molar-refractivity contribution in [2.24, 2.45) is 5.73 Å². The Morgan fingerprint density at radius 2 is 2.05 bits per heavy atom. The predicted octanol–water partition coefficient (Wildman–Crippen LogP) is 3.10. The van der Waals surface area contributed by atoms with E-state index in [2.05, 4.69) is 43.7 Å². The van der Waals surface area contributed by atoms with Crippen LogP contribution in [0.2, 0.25) is 0 Å². The van der Waals surface area contributed by atoms with Crippen molar-refractivity contribution in [3.05, 3.63) is 19.2 Å². The molecule has 21 heavy (non-hydrogen) atoms. The van der Waals surface area contributed by atoms with Gasteiger partial charge in [-0.1, -0.05) is 19.1 Å². The van der Waals surface area contributed by atoms with E-state index in [1.165, 1.54) is 11.3 Å². The Bertz CT molecular complexity index is 542. The number of amides is 1. The molecule has 116 valence electrons. The van der Waals surface area contributed by atoms with Crippen LogP contribution < -0.4 is 5.73 Å². The van der Waals surface area contributed by atoms with Crippen molar-refractivity contribution in [1.29, 1.82) is 0 Å². The standard InChI is InChI=1S/C13H17Br2N3OS2/c1-2-9(12(16)20)17-3-5-18(6-4-17)13(19)8-7-10(14)21-11(8)15/h7,9H,2-6H2,1H3,(H2,16,20). The highest BCUT2D eigenvalue weighted by atomic mass is 79.9. The topological polar surface area (TPSA) is 49.6 Å². The molecule has 0 bridgehead atoms. The molecule has 1 unspecified atom stereocenters. The SMILES string of the molecule is CCC(C(N)=S)N1CCN(C(=O)c2cc(Br)sc2Br)CC1. The number of thiocarbonyl (C=S) groups is 1. The average molecular weight is 455 g/mol. The van der Waals surface area contributed by atoms with E-state index in [1.54, 1.807) is 0 Å². The van der Waals surface area contributed by atoms with Crippen LogP contribution in [0, 0.1) is 0 Å². The first-order valence-corrected chi connectivity index (χ1v) is 9.52. The van der Waals surface area contributed by atoms with Crippen LogP contribution in [0.3, 0.4) is 0 Å². The van der Waals surface area contributed by atoms with Gasteiger partial charge < -0.3 is 10.6 Å². The van der Waals surface area contributed by atoms with Gasteiger partial charge >= 0.3 is 0 Å². The zero-order chi connectivity index (χ0) is 15.6. The maximum atomic E-state index is 12.5. The largest absolute Gasteiger partial charge is 0.392 e. The normalized spacial score (nSPS) is 17.8. The quantitative estimate of drug-likeness (QED) is 0.710. The fraction of sp³-hybridized carbons (Fsp3) is 0.538. The van der Waals surface area contributed by atoms with Crippen molar-refractivity contribution in [2.75, 3.05) is 26.2 Å². The van der Waals surface area contributed by atoms with E-state index in [0.29, 0.717) is 18.1 Å². The summed E-state index contributed by atoms with van der Waals surface area (Å²) in [5.41, 5.74) is 6.51. The van der Waals surface area contributed by atoms with Crippen LogP contribution in [-0.4, -0.2) is 52.9 Å². The molecule has 1 aromatic heterocycles. The molecule has 0 aliphatic carbocycles. The van der Waals surface area contributed by atoms with Crippen LogP contribution in [0.1, 0.15) is 23.7 Å². The summed E-state index contributed by atoms with van der Waals surface area (Å²) in [6.45, 7) is 5.12. The molecule has 2 heterocycles. The summed E-state index contributed by atoms with van der Waals surface area (Å²) < 4.78 is 1.83. The highest BCUT2D eigenvalue weighted by Gasteiger charge is 2.28. The van der Waals surface area contributed by atoms with Gasteiger partial charge in [-0.2, -0.15) is 0 Å². The molecule has 1 atom stereocenters. The number of rotatable bonds is 4. The van der Waals surface area contributed by atoms with Gasteiger partial charge in [0.1, 0.15) is 0 Å². The number of carbonyl (C=O) groups excluding carboxylic acids is 1. The lowest BCUT2D eigenvalue weighted by atomic mass is 10.1. The first-order valence-electron chi connectivity index (χ1n) is 6.71. The number of hydrogen-bond acceptors (Lipinski definition) is 4. The molecule has 4 nitrogen and oxygen atoms in total. The molecule has 0 saturated carbocycles. The van der Waals surface area contributed by atoms with E-state index >= 15 is 0 Å². The second kappa shape index (κ2) is 7.50. The molecule has 0 radical (unpaired) electrons. The maximum absolute atomic E-state index is 12.5. The van der Waals surface area contributed by atoms with Gasteiger partial charge in [0.15, 0.2) is 0 Å². The van der Waals surface area contributed by atoms with Gasteiger partial charge in [0, 0.05) is 26.2 Å². The Kier molecular flexibility index (Phi) is 6.19. The van der Waals surface area contributed by atoms with Crippen LogP contribution in [-0.2, 0) is 0 Å². The molecule has 1 aromatic rings. The molecular formula is C13H17Br2N3OS2. The van der Waals surface area contributed by atoms with E-state index in [9.17, 15) is 4.79 Å². The van der Waals surface area contributed by atoms with Crippen LogP contribution in [0.25, 0.3) is 0 Å². The Morgan fingerprint density at radius 1 is 1.43 bits per heavy atom. The highest BCUT2D eigenvalue weighted by Crippen LogP contribution is 2.32. The number of thiophene rings is 1. The van der Waals surface area contributed by atoms with Gasteiger partial charge in [0.05, 0.1) is 24.2 Å². The lowest BCUT2D eigenvalue weighted by Gasteiger charge is -2.38. The van der Waals surface area contributed by atoms with E-state index in [1.807, 2.05) is 11.0 Å². The lowest BCUT2D eigenvalue weighted by molar-refractivity contribution is 0.0611. The van der Waals surface area contributed by atoms with Crippen molar-refractivity contribution in [3.63, 3.8) is 0 Å². The number of halogens is 2. The van der Waals surface area contributed by atoms with E-state index in [0.717, 1.165) is 32.6 Å². The van der Waals surface area contributed by atoms with Crippen molar-refractivity contribution in [1.82, 2.24) is 9.80 Å². The maximum Gasteiger partial charge on any atom is 0.255 e. The number of hydrogen-bond donors (Lipinski definition) is 1. The fourth-order valence-electron chi connectivity index (χ4n) is 2.53. The predicted molar refractivity (Wildman–Crippen MR) is 98.1 cm³/mol.